The van der Waals surface area contributed by atoms with E-state index in [-0.39, 0.29) is 0 Å². The second-order valence-electron chi connectivity index (χ2n) is 6.82. The van der Waals surface area contributed by atoms with Crippen molar-refractivity contribution >= 4 is 11.8 Å². The minimum atomic E-state index is 0.733. The second-order valence-corrected chi connectivity index (χ2v) is 8.19. The van der Waals surface area contributed by atoms with Crippen LogP contribution in [0.15, 0.2) is 29.2 Å². The molecule has 1 aromatic carbocycles. The van der Waals surface area contributed by atoms with Gasteiger partial charge in [-0.2, -0.15) is 0 Å². The maximum Gasteiger partial charge on any atom is 0.00944 e. The zero-order valence-electron chi connectivity index (χ0n) is 14.7. The van der Waals surface area contributed by atoms with Gasteiger partial charge in [-0.15, -0.1) is 11.8 Å². The molecule has 1 aromatic rings. The molecule has 0 amide bonds. The molecule has 0 spiro atoms. The van der Waals surface area contributed by atoms with E-state index in [4.69, 9.17) is 0 Å². The third-order valence-electron chi connectivity index (χ3n) is 4.83. The molecule has 0 saturated heterocycles. The first kappa shape index (κ1) is 17.9. The summed E-state index contributed by atoms with van der Waals surface area (Å²) in [6.07, 6.45) is 8.32. The topological polar surface area (TPSA) is 3.24 Å². The molecule has 22 heavy (non-hydrogen) atoms. The molecule has 2 heteroatoms. The van der Waals surface area contributed by atoms with Crippen LogP contribution in [-0.4, -0.2) is 29.8 Å². The van der Waals surface area contributed by atoms with Crippen LogP contribution in [0.25, 0.3) is 0 Å². The van der Waals surface area contributed by atoms with Crippen molar-refractivity contribution in [3.05, 3.63) is 29.8 Å². The number of hydrogen-bond donors (Lipinski definition) is 0. The molecule has 2 rings (SSSR count). The number of thioether (sulfide) groups is 1. The largest absolute Gasteiger partial charge is 0.304 e. The van der Waals surface area contributed by atoms with Gasteiger partial charge in [-0.25, -0.2) is 0 Å². The van der Waals surface area contributed by atoms with Crippen molar-refractivity contribution in [2.24, 2.45) is 5.92 Å². The molecule has 1 saturated carbocycles. The Balaban J connectivity index is 1.80. The third kappa shape index (κ3) is 5.96. The van der Waals surface area contributed by atoms with Crippen molar-refractivity contribution in [3.63, 3.8) is 0 Å². The number of nitrogens with zero attached hydrogens (tertiary/aromatic N) is 1. The van der Waals surface area contributed by atoms with E-state index in [1.807, 2.05) is 0 Å². The van der Waals surface area contributed by atoms with E-state index in [0.717, 1.165) is 24.3 Å². The summed E-state index contributed by atoms with van der Waals surface area (Å²) in [6.45, 7) is 10.4. The summed E-state index contributed by atoms with van der Waals surface area (Å²) in [4.78, 5) is 3.99. The zero-order chi connectivity index (χ0) is 15.8. The molecular formula is C20H33NS. The predicted octanol–water partition coefficient (Wildman–Crippen LogP) is 5.63. The molecule has 1 unspecified atom stereocenters. The van der Waals surface area contributed by atoms with Crippen molar-refractivity contribution in [2.45, 2.75) is 69.4 Å². The van der Waals surface area contributed by atoms with E-state index in [2.05, 4.69) is 61.7 Å². The molecule has 1 atom stereocenters. The average Bonchev–Trinajstić information content (AvgIpc) is 2.55. The van der Waals surface area contributed by atoms with Gasteiger partial charge in [0.05, 0.1) is 0 Å². The first-order chi connectivity index (χ1) is 10.7. The summed E-state index contributed by atoms with van der Waals surface area (Å²) in [6, 6.07) is 9.39. The summed E-state index contributed by atoms with van der Waals surface area (Å²) in [5.74, 6) is 0.733. The molecule has 0 aromatic heterocycles. The summed E-state index contributed by atoms with van der Waals surface area (Å²) >= 11 is 2.10. The van der Waals surface area contributed by atoms with Gasteiger partial charge in [0.1, 0.15) is 0 Å². The molecule has 124 valence electrons. The Morgan fingerprint density at radius 2 is 1.68 bits per heavy atom. The predicted molar refractivity (Wildman–Crippen MR) is 99.8 cm³/mol. The molecular weight excluding hydrogens is 286 g/mol. The molecule has 1 aliphatic carbocycles. The van der Waals surface area contributed by atoms with E-state index in [1.54, 1.807) is 0 Å². The van der Waals surface area contributed by atoms with E-state index in [9.17, 15) is 0 Å². The fourth-order valence-corrected chi connectivity index (χ4v) is 4.72. The molecule has 0 radical (unpaired) electrons. The van der Waals surface area contributed by atoms with Gasteiger partial charge in [-0.3, -0.25) is 0 Å². The quantitative estimate of drug-likeness (QED) is 0.610. The second kappa shape index (κ2) is 9.62. The summed E-state index contributed by atoms with van der Waals surface area (Å²) in [5, 5.41) is 0.862. The van der Waals surface area contributed by atoms with Crippen LogP contribution in [0.5, 0.6) is 0 Å². The first-order valence-electron chi connectivity index (χ1n) is 9.19. The van der Waals surface area contributed by atoms with E-state index in [0.29, 0.717) is 0 Å². The molecule has 0 N–H and O–H groups in total. The van der Waals surface area contributed by atoms with E-state index >= 15 is 0 Å². The minimum Gasteiger partial charge on any atom is -0.304 e. The lowest BCUT2D eigenvalue weighted by Gasteiger charge is -2.23. The maximum atomic E-state index is 2.53. The van der Waals surface area contributed by atoms with E-state index in [1.165, 1.54) is 55.5 Å². The molecule has 0 heterocycles. The van der Waals surface area contributed by atoms with Crippen LogP contribution >= 0.6 is 11.8 Å². The van der Waals surface area contributed by atoms with Crippen LogP contribution in [0.4, 0.5) is 0 Å². The van der Waals surface area contributed by atoms with Gasteiger partial charge in [-0.05, 0) is 56.0 Å². The summed E-state index contributed by atoms with van der Waals surface area (Å²) in [7, 11) is 0. The average molecular weight is 320 g/mol. The van der Waals surface area contributed by atoms with Gasteiger partial charge in [0.2, 0.25) is 0 Å². The van der Waals surface area contributed by atoms with Crippen molar-refractivity contribution in [3.8, 4) is 0 Å². The summed E-state index contributed by atoms with van der Waals surface area (Å²) < 4.78 is 0. The Hall–Kier alpha value is -0.470. The van der Waals surface area contributed by atoms with Gasteiger partial charge < -0.3 is 4.90 Å². The van der Waals surface area contributed by atoms with Crippen molar-refractivity contribution in [2.75, 3.05) is 19.6 Å². The third-order valence-corrected chi connectivity index (χ3v) is 6.18. The van der Waals surface area contributed by atoms with Crippen LogP contribution in [0.2, 0.25) is 0 Å². The number of rotatable bonds is 8. The highest BCUT2D eigenvalue weighted by atomic mass is 32.2. The van der Waals surface area contributed by atoms with Crippen molar-refractivity contribution in [1.82, 2.24) is 4.90 Å². The summed E-state index contributed by atoms with van der Waals surface area (Å²) in [5.41, 5.74) is 1.49. The Labute approximate surface area is 141 Å². The highest BCUT2D eigenvalue weighted by Gasteiger charge is 2.14. The lowest BCUT2D eigenvalue weighted by Crippen LogP contribution is -2.28. The van der Waals surface area contributed by atoms with Gasteiger partial charge in [-0.1, -0.05) is 52.2 Å². The molecule has 1 aliphatic rings. The van der Waals surface area contributed by atoms with Crippen LogP contribution in [0.1, 0.15) is 58.4 Å². The molecule has 1 nitrogen and oxygen atoms in total. The Morgan fingerprint density at radius 1 is 1.05 bits per heavy atom. The van der Waals surface area contributed by atoms with Gasteiger partial charge in [0.25, 0.3) is 0 Å². The molecule has 0 aliphatic heterocycles. The highest BCUT2D eigenvalue weighted by Crippen LogP contribution is 2.33. The monoisotopic (exact) mass is 319 g/mol. The highest BCUT2D eigenvalue weighted by molar-refractivity contribution is 8.00. The molecule has 0 bridgehead atoms. The van der Waals surface area contributed by atoms with Gasteiger partial charge in [0, 0.05) is 16.7 Å². The standard InChI is InChI=1S/C20H33NS/c1-4-21(5-2)16-17(3)15-18-11-13-20(14-12-18)22-19-9-7-6-8-10-19/h11-14,17,19H,4-10,15-16H2,1-3H3. The smallest absolute Gasteiger partial charge is 0.00944 e. The van der Waals surface area contributed by atoms with Crippen LogP contribution in [0.3, 0.4) is 0 Å². The Bertz CT molecular complexity index is 404. The normalized spacial score (nSPS) is 17.8. The van der Waals surface area contributed by atoms with Crippen LogP contribution < -0.4 is 0 Å². The zero-order valence-corrected chi connectivity index (χ0v) is 15.5. The fourth-order valence-electron chi connectivity index (χ4n) is 3.47. The number of hydrogen-bond acceptors (Lipinski definition) is 2. The lowest BCUT2D eigenvalue weighted by molar-refractivity contribution is 0.260. The van der Waals surface area contributed by atoms with Gasteiger partial charge >= 0.3 is 0 Å². The Kier molecular flexibility index (Phi) is 7.82. The first-order valence-corrected chi connectivity index (χ1v) is 10.1. The lowest BCUT2D eigenvalue weighted by atomic mass is 10.0. The Morgan fingerprint density at radius 3 is 2.27 bits per heavy atom. The van der Waals surface area contributed by atoms with Crippen LogP contribution in [0, 0.1) is 5.92 Å². The van der Waals surface area contributed by atoms with Crippen molar-refractivity contribution < 1.29 is 0 Å². The number of benzene rings is 1. The minimum absolute atomic E-state index is 0.733. The van der Waals surface area contributed by atoms with Gasteiger partial charge in [0.15, 0.2) is 0 Å². The SMILES string of the molecule is CCN(CC)CC(C)Cc1ccc(SC2CCCCC2)cc1. The maximum absolute atomic E-state index is 2.53. The van der Waals surface area contributed by atoms with Crippen LogP contribution in [-0.2, 0) is 6.42 Å². The fraction of sp³-hybridized carbons (Fsp3) is 0.700. The molecule has 1 fully saturated rings. The van der Waals surface area contributed by atoms with Crippen molar-refractivity contribution in [1.29, 1.82) is 0 Å². The van der Waals surface area contributed by atoms with E-state index < -0.39 is 0 Å².